The third-order valence-corrected chi connectivity index (χ3v) is 4.55. The van der Waals surface area contributed by atoms with E-state index in [1.165, 1.54) is 0 Å². The maximum Gasteiger partial charge on any atom is 0.257 e. The average Bonchev–Trinajstić information content (AvgIpc) is 2.76. The van der Waals surface area contributed by atoms with Gasteiger partial charge in [-0.2, -0.15) is 0 Å². The maximum absolute atomic E-state index is 12.4. The first kappa shape index (κ1) is 23.0. The van der Waals surface area contributed by atoms with Crippen LogP contribution in [-0.4, -0.2) is 23.0 Å². The number of ether oxygens (including phenoxy) is 1. The fourth-order valence-corrected chi connectivity index (χ4v) is 3.13. The lowest BCUT2D eigenvalue weighted by Crippen LogP contribution is -2.34. The molecule has 0 saturated heterocycles. The molecule has 3 rings (SSSR count). The molecule has 0 aliphatic carbocycles. The highest BCUT2D eigenvalue weighted by Gasteiger charge is 2.09. The van der Waals surface area contributed by atoms with Crippen LogP contribution in [0.3, 0.4) is 0 Å². The van der Waals surface area contributed by atoms with E-state index in [-0.39, 0.29) is 23.0 Å². The molecule has 0 spiro atoms. The highest BCUT2D eigenvalue weighted by Crippen LogP contribution is 2.15. The fourth-order valence-electron chi connectivity index (χ4n) is 2.92. The molecule has 0 fully saturated rings. The molecule has 3 aromatic carbocycles. The molecular formula is C25H25N3O3S. The van der Waals surface area contributed by atoms with Crippen molar-refractivity contribution in [3.05, 3.63) is 90.0 Å². The topological polar surface area (TPSA) is 79.5 Å². The van der Waals surface area contributed by atoms with Crippen molar-refractivity contribution in [2.24, 2.45) is 0 Å². The summed E-state index contributed by atoms with van der Waals surface area (Å²) in [6.07, 6.45) is 0.372. The highest BCUT2D eigenvalue weighted by atomic mass is 32.1. The summed E-state index contributed by atoms with van der Waals surface area (Å²) in [5.74, 6) is 0.293. The van der Waals surface area contributed by atoms with Crippen molar-refractivity contribution in [1.82, 2.24) is 5.32 Å². The van der Waals surface area contributed by atoms with E-state index in [9.17, 15) is 9.59 Å². The molecule has 32 heavy (non-hydrogen) atoms. The quantitative estimate of drug-likeness (QED) is 0.454. The Hall–Kier alpha value is -3.71. The number of benzene rings is 3. The molecule has 0 heterocycles. The molecule has 6 nitrogen and oxygen atoms in total. The number of thiocarbonyl (C=S) groups is 1. The minimum Gasteiger partial charge on any atom is -0.491 e. The van der Waals surface area contributed by atoms with Crippen molar-refractivity contribution in [3.63, 3.8) is 0 Å². The average molecular weight is 448 g/mol. The first-order valence-electron chi connectivity index (χ1n) is 10.2. The second-order valence-corrected chi connectivity index (χ2v) is 7.80. The standard InChI is InChI=1S/C25H25N3O3S/c1-17(2)31-22-14-8-19(9-15-22)24(30)28-25(32)27-21-12-10-20(11-13-21)26-23(29)16-18-6-4-3-5-7-18/h3-15,17H,16H2,1-2H3,(H,26,29)(H2,27,28,30,32). The monoisotopic (exact) mass is 447 g/mol. The van der Waals surface area contributed by atoms with Crippen molar-refractivity contribution in [1.29, 1.82) is 0 Å². The maximum atomic E-state index is 12.4. The molecule has 3 N–H and O–H groups in total. The number of amides is 2. The SMILES string of the molecule is CC(C)Oc1ccc(C(=O)NC(=S)Nc2ccc(NC(=O)Cc3ccccc3)cc2)cc1. The van der Waals surface area contributed by atoms with Gasteiger partial charge in [0.2, 0.25) is 5.91 Å². The number of carbonyl (C=O) groups excluding carboxylic acids is 2. The predicted octanol–water partition coefficient (Wildman–Crippen LogP) is 4.78. The van der Waals surface area contributed by atoms with E-state index in [4.69, 9.17) is 17.0 Å². The second-order valence-electron chi connectivity index (χ2n) is 7.39. The van der Waals surface area contributed by atoms with Crippen LogP contribution in [0.15, 0.2) is 78.9 Å². The molecule has 0 bridgehead atoms. The molecule has 0 aliphatic heterocycles. The van der Waals surface area contributed by atoms with Crippen molar-refractivity contribution in [2.45, 2.75) is 26.4 Å². The first-order valence-corrected chi connectivity index (χ1v) is 10.6. The summed E-state index contributed by atoms with van der Waals surface area (Å²) in [6.45, 7) is 3.88. The van der Waals surface area contributed by atoms with E-state index >= 15 is 0 Å². The van der Waals surface area contributed by atoms with E-state index in [1.807, 2.05) is 44.2 Å². The van der Waals surface area contributed by atoms with E-state index in [2.05, 4.69) is 16.0 Å². The van der Waals surface area contributed by atoms with Crippen LogP contribution in [0.25, 0.3) is 0 Å². The Balaban J connectivity index is 1.48. The van der Waals surface area contributed by atoms with Gasteiger partial charge in [-0.3, -0.25) is 14.9 Å². The van der Waals surface area contributed by atoms with Gasteiger partial charge in [0.25, 0.3) is 5.91 Å². The van der Waals surface area contributed by atoms with Crippen LogP contribution in [-0.2, 0) is 11.2 Å². The lowest BCUT2D eigenvalue weighted by molar-refractivity contribution is -0.115. The van der Waals surface area contributed by atoms with Gasteiger partial charge in [-0.1, -0.05) is 30.3 Å². The van der Waals surface area contributed by atoms with Crippen LogP contribution >= 0.6 is 12.2 Å². The van der Waals surface area contributed by atoms with Crippen LogP contribution in [0.5, 0.6) is 5.75 Å². The molecule has 7 heteroatoms. The Morgan fingerprint density at radius 2 is 1.44 bits per heavy atom. The predicted molar refractivity (Wildman–Crippen MR) is 131 cm³/mol. The van der Waals surface area contributed by atoms with Crippen LogP contribution in [0.2, 0.25) is 0 Å². The Kier molecular flexibility index (Phi) is 7.94. The summed E-state index contributed by atoms with van der Waals surface area (Å²) in [5.41, 5.74) is 2.79. The number of anilines is 2. The Morgan fingerprint density at radius 1 is 0.844 bits per heavy atom. The Morgan fingerprint density at radius 3 is 2.03 bits per heavy atom. The normalized spacial score (nSPS) is 10.3. The fraction of sp³-hybridized carbons (Fsp3) is 0.160. The largest absolute Gasteiger partial charge is 0.491 e. The summed E-state index contributed by atoms with van der Waals surface area (Å²) in [5, 5.41) is 8.65. The first-order chi connectivity index (χ1) is 15.4. The molecule has 164 valence electrons. The summed E-state index contributed by atoms with van der Waals surface area (Å²) in [7, 11) is 0. The van der Waals surface area contributed by atoms with Crippen LogP contribution in [0, 0.1) is 0 Å². The van der Waals surface area contributed by atoms with Crippen molar-refractivity contribution in [3.8, 4) is 5.75 Å². The van der Waals surface area contributed by atoms with Gasteiger partial charge in [-0.15, -0.1) is 0 Å². The van der Waals surface area contributed by atoms with E-state index in [0.717, 1.165) is 5.56 Å². The van der Waals surface area contributed by atoms with Crippen molar-refractivity contribution in [2.75, 3.05) is 10.6 Å². The van der Waals surface area contributed by atoms with E-state index in [1.54, 1.807) is 48.5 Å². The van der Waals surface area contributed by atoms with Crippen molar-refractivity contribution >= 4 is 40.5 Å². The molecule has 0 aliphatic rings. The van der Waals surface area contributed by atoms with Gasteiger partial charge >= 0.3 is 0 Å². The van der Waals surface area contributed by atoms with E-state index in [0.29, 0.717) is 29.1 Å². The minimum absolute atomic E-state index is 0.0648. The molecule has 0 atom stereocenters. The molecule has 0 radical (unpaired) electrons. The smallest absolute Gasteiger partial charge is 0.257 e. The van der Waals surface area contributed by atoms with Gasteiger partial charge in [0.15, 0.2) is 5.11 Å². The summed E-state index contributed by atoms with van der Waals surface area (Å²) in [6, 6.07) is 23.5. The van der Waals surface area contributed by atoms with Crippen LogP contribution in [0.1, 0.15) is 29.8 Å². The summed E-state index contributed by atoms with van der Waals surface area (Å²) >= 11 is 5.23. The van der Waals surface area contributed by atoms with Crippen LogP contribution in [0.4, 0.5) is 11.4 Å². The number of hydrogen-bond acceptors (Lipinski definition) is 4. The molecule has 3 aromatic rings. The molecular weight excluding hydrogens is 422 g/mol. The number of nitrogens with one attached hydrogen (secondary N) is 3. The number of carbonyl (C=O) groups is 2. The molecule has 2 amide bonds. The Bertz CT molecular complexity index is 1070. The van der Waals surface area contributed by atoms with E-state index < -0.39 is 0 Å². The zero-order valence-corrected chi connectivity index (χ0v) is 18.7. The van der Waals surface area contributed by atoms with Gasteiger partial charge in [0, 0.05) is 16.9 Å². The van der Waals surface area contributed by atoms with Crippen LogP contribution < -0.4 is 20.7 Å². The Labute approximate surface area is 193 Å². The van der Waals surface area contributed by atoms with Gasteiger partial charge in [0.05, 0.1) is 12.5 Å². The van der Waals surface area contributed by atoms with Gasteiger partial charge < -0.3 is 15.4 Å². The molecule has 0 unspecified atom stereocenters. The lowest BCUT2D eigenvalue weighted by atomic mass is 10.1. The van der Waals surface area contributed by atoms with Gasteiger partial charge in [-0.05, 0) is 80.2 Å². The highest BCUT2D eigenvalue weighted by molar-refractivity contribution is 7.80. The third kappa shape index (κ3) is 7.21. The number of hydrogen-bond donors (Lipinski definition) is 3. The zero-order chi connectivity index (χ0) is 22.9. The lowest BCUT2D eigenvalue weighted by Gasteiger charge is -2.12. The number of rotatable bonds is 7. The van der Waals surface area contributed by atoms with Crippen molar-refractivity contribution < 1.29 is 14.3 Å². The van der Waals surface area contributed by atoms with Gasteiger partial charge in [-0.25, -0.2) is 0 Å². The molecule has 0 aromatic heterocycles. The van der Waals surface area contributed by atoms with Gasteiger partial charge in [0.1, 0.15) is 5.75 Å². The second kappa shape index (κ2) is 11.1. The third-order valence-electron chi connectivity index (χ3n) is 4.35. The molecule has 0 saturated carbocycles. The zero-order valence-electron chi connectivity index (χ0n) is 17.9. The summed E-state index contributed by atoms with van der Waals surface area (Å²) in [4.78, 5) is 24.5. The minimum atomic E-state index is -0.316. The summed E-state index contributed by atoms with van der Waals surface area (Å²) < 4.78 is 5.58.